The quantitative estimate of drug-likeness (QED) is 0.0675. The van der Waals surface area contributed by atoms with Crippen molar-refractivity contribution in [2.45, 2.75) is 77.5 Å². The molecule has 11 N–H and O–H groups in total. The van der Waals surface area contributed by atoms with E-state index < -0.39 is 70.5 Å². The average Bonchev–Trinajstić information content (AvgIpc) is 3.31. The Kier molecular flexibility index (Phi) is 18.2. The molecule has 3 aromatic carbocycles. The summed E-state index contributed by atoms with van der Waals surface area (Å²) in [5, 5.41) is 24.9. The molecule has 71 heavy (non-hydrogen) atoms. The van der Waals surface area contributed by atoms with Crippen LogP contribution in [0.25, 0.3) is 22.5 Å². The van der Waals surface area contributed by atoms with E-state index in [-0.39, 0.29) is 90.0 Å². The van der Waals surface area contributed by atoms with Crippen molar-refractivity contribution >= 4 is 39.7 Å². The van der Waals surface area contributed by atoms with E-state index in [0.717, 1.165) is 10.5 Å². The molecule has 0 spiro atoms. The van der Waals surface area contributed by atoms with Crippen molar-refractivity contribution in [2.24, 2.45) is 16.6 Å². The Morgan fingerprint density at radius 1 is 0.930 bits per heavy atom. The predicted octanol–water partition coefficient (Wildman–Crippen LogP) is 0.685. The summed E-state index contributed by atoms with van der Waals surface area (Å²) in [6.07, 6.45) is -0.0767. The highest BCUT2D eigenvalue weighted by molar-refractivity contribution is 7.87. The number of amides is 5. The second kappa shape index (κ2) is 23.6. The molecule has 0 saturated heterocycles. The standard InChI is InChI=1S/C48H62N12O10S/c1-26-39(27(2)56-42(55-26)30-10-12-32(13-11-30)48(4,5)6)45(63)59-36(25-54-71(52,66)67)47(65)60(7)40-31-23-34(41(68-8)38(24-31)70-20-17-51)33-21-29(9-14-37(33)69-19-16-50)22-35(44(62)53-18-15-49)58-43(61)28(3)57-46(40)64/h9-14,21,23-24,28,35-36,40,54H,16-20,22,25,50-51H2,1-8H3,(H,53,62)(H,57,64)(H,58,61)(H,59,63)(H2,52,66,67)/t28-,35-,36?,40-/m0/s1. The van der Waals surface area contributed by atoms with E-state index >= 15 is 0 Å². The number of carbonyl (C=O) groups is 5. The molecule has 0 aliphatic carbocycles. The molecular formula is C48H62N12O10S. The van der Waals surface area contributed by atoms with Gasteiger partial charge in [0.25, 0.3) is 16.1 Å². The maximum absolute atomic E-state index is 15.0. The second-order valence-electron chi connectivity index (χ2n) is 17.8. The number of likely N-dealkylation sites (N-methyl/N-ethyl adjacent to an activating group) is 1. The fraction of sp³-hybridized carbons (Fsp3) is 0.417. The number of ether oxygens (including phenoxy) is 3. The molecule has 1 aliphatic rings. The van der Waals surface area contributed by atoms with Crippen LogP contribution >= 0.6 is 0 Å². The van der Waals surface area contributed by atoms with Crippen molar-refractivity contribution < 1.29 is 46.6 Å². The van der Waals surface area contributed by atoms with Gasteiger partial charge in [0.1, 0.15) is 49.7 Å². The molecule has 4 bridgehead atoms. The summed E-state index contributed by atoms with van der Waals surface area (Å²) < 4.78 is 44.8. The normalized spacial score (nSPS) is 16.5. The van der Waals surface area contributed by atoms with Crippen LogP contribution in [0.15, 0.2) is 54.6 Å². The number of hydrogen-bond acceptors (Lipinski definition) is 15. The number of nitrogens with zero attached hydrogens (tertiary/aromatic N) is 4. The van der Waals surface area contributed by atoms with E-state index in [1.807, 2.05) is 30.3 Å². The first-order valence-electron chi connectivity index (χ1n) is 22.6. The summed E-state index contributed by atoms with van der Waals surface area (Å²) in [5.41, 5.74) is 15.1. The summed E-state index contributed by atoms with van der Waals surface area (Å²) in [4.78, 5) is 81.5. The van der Waals surface area contributed by atoms with Gasteiger partial charge in [0.05, 0.1) is 30.1 Å². The third-order valence-corrected chi connectivity index (χ3v) is 12.0. The monoisotopic (exact) mass is 998 g/mol. The Bertz CT molecular complexity index is 2770. The number of nitrogens with two attached hydrogens (primary N) is 3. The molecule has 380 valence electrons. The van der Waals surface area contributed by atoms with Gasteiger partial charge in [-0.15, -0.1) is 0 Å². The smallest absolute Gasteiger partial charge is 0.274 e. The average molecular weight is 999 g/mol. The number of aryl methyl sites for hydroxylation is 2. The molecule has 1 aromatic heterocycles. The molecule has 0 radical (unpaired) electrons. The third kappa shape index (κ3) is 13.8. The number of carbonyl (C=O) groups excluding carboxylic acids is 5. The third-order valence-electron chi connectivity index (χ3n) is 11.4. The zero-order chi connectivity index (χ0) is 52.4. The lowest BCUT2D eigenvalue weighted by molar-refractivity contribution is -0.141. The second-order valence-corrected chi connectivity index (χ2v) is 19.1. The Morgan fingerprint density at radius 2 is 1.56 bits per heavy atom. The minimum Gasteiger partial charge on any atom is -0.492 e. The van der Waals surface area contributed by atoms with E-state index in [9.17, 15) is 37.7 Å². The number of rotatable bonds is 17. The number of nitrogens with one attached hydrogen (secondary N) is 5. The first kappa shape index (κ1) is 54.7. The van der Waals surface area contributed by atoms with Gasteiger partial charge >= 0.3 is 0 Å². The van der Waals surface area contributed by atoms with Crippen molar-refractivity contribution in [2.75, 3.05) is 53.6 Å². The highest BCUT2D eigenvalue weighted by atomic mass is 32.2. The number of methoxy groups -OCH3 is 1. The van der Waals surface area contributed by atoms with E-state index in [4.69, 9.17) is 30.8 Å². The Morgan fingerprint density at radius 3 is 2.14 bits per heavy atom. The van der Waals surface area contributed by atoms with Crippen LogP contribution in [-0.4, -0.2) is 124 Å². The minimum atomic E-state index is -4.47. The van der Waals surface area contributed by atoms with Crippen molar-refractivity contribution in [3.63, 3.8) is 0 Å². The van der Waals surface area contributed by atoms with E-state index in [0.29, 0.717) is 22.5 Å². The molecule has 5 rings (SSSR count). The fourth-order valence-corrected chi connectivity index (χ4v) is 8.27. The molecule has 23 heteroatoms. The summed E-state index contributed by atoms with van der Waals surface area (Å²) in [7, 11) is -1.84. The van der Waals surface area contributed by atoms with Gasteiger partial charge in [-0.05, 0) is 67.1 Å². The number of nitriles is 1. The van der Waals surface area contributed by atoms with Crippen LogP contribution in [0, 0.1) is 25.2 Å². The molecule has 0 fully saturated rings. The van der Waals surface area contributed by atoms with Gasteiger partial charge in [-0.1, -0.05) is 51.1 Å². The van der Waals surface area contributed by atoms with Gasteiger partial charge in [-0.2, -0.15) is 18.4 Å². The summed E-state index contributed by atoms with van der Waals surface area (Å²) in [5.74, 6) is -3.39. The Balaban J connectivity index is 1.66. The molecule has 5 amide bonds. The molecule has 4 atom stereocenters. The molecule has 1 aliphatic heterocycles. The molecule has 0 saturated carbocycles. The van der Waals surface area contributed by atoms with Gasteiger partial charge in [0, 0.05) is 49.8 Å². The van der Waals surface area contributed by atoms with E-state index in [1.54, 1.807) is 38.1 Å². The lowest BCUT2D eigenvalue weighted by atomic mass is 9.86. The summed E-state index contributed by atoms with van der Waals surface area (Å²) in [6, 6.07) is 11.5. The van der Waals surface area contributed by atoms with E-state index in [2.05, 4.69) is 56.7 Å². The van der Waals surface area contributed by atoms with Gasteiger partial charge in [0.2, 0.25) is 23.6 Å². The highest BCUT2D eigenvalue weighted by Gasteiger charge is 2.38. The predicted molar refractivity (Wildman–Crippen MR) is 263 cm³/mol. The molecular weight excluding hydrogens is 937 g/mol. The number of aromatic nitrogens is 2. The SMILES string of the molecule is COc1c(OCCN)cc2cc1-c1cc(ccc1OCCN)C[C@@H](C(=O)NCC#N)NC(=O)[C@H](C)NC(=O)[C@H]2N(C)C(=O)C(CNS(N)(=O)=O)NC(=O)c1c(C)nc(-c2ccc(C(C)(C)C)cc2)nc1C. The van der Waals surface area contributed by atoms with Crippen molar-refractivity contribution in [3.8, 4) is 45.8 Å². The summed E-state index contributed by atoms with van der Waals surface area (Å²) in [6.45, 7) is 9.91. The van der Waals surface area contributed by atoms with Crippen molar-refractivity contribution in [1.29, 1.82) is 5.26 Å². The van der Waals surface area contributed by atoms with Gasteiger partial charge < -0.3 is 51.8 Å². The molecule has 4 aromatic rings. The zero-order valence-electron chi connectivity index (χ0n) is 41.0. The van der Waals surface area contributed by atoms with Gasteiger partial charge in [0.15, 0.2) is 17.3 Å². The fourth-order valence-electron chi connectivity index (χ4n) is 7.87. The van der Waals surface area contributed by atoms with Crippen LogP contribution in [-0.2, 0) is 41.2 Å². The molecule has 1 unspecified atom stereocenters. The zero-order valence-corrected chi connectivity index (χ0v) is 41.8. The molecule has 2 heterocycles. The molecule has 22 nitrogen and oxygen atoms in total. The maximum atomic E-state index is 15.0. The number of benzene rings is 3. The van der Waals surface area contributed by atoms with Crippen LogP contribution in [0.5, 0.6) is 17.2 Å². The first-order valence-corrected chi connectivity index (χ1v) is 24.1. The van der Waals surface area contributed by atoms with Crippen LogP contribution in [0.1, 0.15) is 72.2 Å². The van der Waals surface area contributed by atoms with Crippen molar-refractivity contribution in [3.05, 3.63) is 88.2 Å². The van der Waals surface area contributed by atoms with Crippen molar-refractivity contribution in [1.82, 2.24) is 40.9 Å². The lowest BCUT2D eigenvalue weighted by Gasteiger charge is -2.33. The van der Waals surface area contributed by atoms with Crippen LogP contribution in [0.3, 0.4) is 0 Å². The van der Waals surface area contributed by atoms with Crippen LogP contribution < -0.4 is 56.8 Å². The van der Waals surface area contributed by atoms with Crippen LogP contribution in [0.4, 0.5) is 0 Å². The Hall–Kier alpha value is -7.23. The van der Waals surface area contributed by atoms with Gasteiger partial charge in [-0.25, -0.2) is 15.1 Å². The summed E-state index contributed by atoms with van der Waals surface area (Å²) >= 11 is 0. The van der Waals surface area contributed by atoms with E-state index in [1.165, 1.54) is 27.1 Å². The van der Waals surface area contributed by atoms with Gasteiger partial charge in [-0.3, -0.25) is 24.0 Å². The minimum absolute atomic E-state index is 0.00248. The largest absolute Gasteiger partial charge is 0.492 e. The highest BCUT2D eigenvalue weighted by Crippen LogP contribution is 2.45. The first-order chi connectivity index (χ1) is 33.5. The topological polar surface area (TPSA) is 338 Å². The number of hydrogen-bond donors (Lipinski definition) is 8. The van der Waals surface area contributed by atoms with Crippen LogP contribution in [0.2, 0.25) is 0 Å². The number of fused-ring (bicyclic) bond motifs is 5. The lowest BCUT2D eigenvalue weighted by Crippen LogP contribution is -2.57. The maximum Gasteiger partial charge on any atom is 0.274 e. The Labute approximate surface area is 412 Å².